The predicted octanol–water partition coefficient (Wildman–Crippen LogP) is 2.04. The summed E-state index contributed by atoms with van der Waals surface area (Å²) in [6.45, 7) is 1.21. The van der Waals surface area contributed by atoms with Gasteiger partial charge in [0.1, 0.15) is 5.69 Å². The second-order valence-corrected chi connectivity index (χ2v) is 6.11. The molecule has 0 spiro atoms. The molecule has 22 heavy (non-hydrogen) atoms. The second kappa shape index (κ2) is 5.48. The average Bonchev–Trinajstić information content (AvgIpc) is 2.47. The van der Waals surface area contributed by atoms with Crippen LogP contribution in [-0.4, -0.2) is 23.2 Å². The summed E-state index contributed by atoms with van der Waals surface area (Å²) >= 11 is 0. The van der Waals surface area contributed by atoms with Crippen molar-refractivity contribution in [2.24, 2.45) is 0 Å². The average molecular weight is 323 g/mol. The maximum absolute atomic E-state index is 12.5. The van der Waals surface area contributed by atoms with Gasteiger partial charge >= 0.3 is 5.69 Å². The molecule has 2 rings (SSSR count). The van der Waals surface area contributed by atoms with E-state index in [1.807, 2.05) is 0 Å². The largest absolute Gasteiger partial charge is 0.313 e. The van der Waals surface area contributed by atoms with Crippen LogP contribution in [0.25, 0.3) is 0 Å². The summed E-state index contributed by atoms with van der Waals surface area (Å²) in [7, 11) is -4.25. The van der Waals surface area contributed by atoms with Gasteiger partial charge in [0, 0.05) is 0 Å². The van der Waals surface area contributed by atoms with Crippen LogP contribution in [0.15, 0.2) is 46.3 Å². The first-order chi connectivity index (χ1) is 10.2. The monoisotopic (exact) mass is 323 g/mol. The fourth-order valence-corrected chi connectivity index (χ4v) is 3.19. The predicted molar refractivity (Wildman–Crippen MR) is 74.2 cm³/mol. The molecule has 1 aromatic heterocycles. The number of sulfone groups is 1. The van der Waals surface area contributed by atoms with Crippen LogP contribution in [0.2, 0.25) is 0 Å². The van der Waals surface area contributed by atoms with Gasteiger partial charge in [-0.2, -0.15) is 0 Å². The van der Waals surface area contributed by atoms with E-state index in [9.17, 15) is 28.6 Å². The van der Waals surface area contributed by atoms with Gasteiger partial charge in [-0.3, -0.25) is 20.2 Å². The number of nitrogens with zero attached hydrogens (tertiary/aromatic N) is 3. The fourth-order valence-electron chi connectivity index (χ4n) is 1.79. The van der Waals surface area contributed by atoms with Crippen molar-refractivity contribution in [3.8, 4) is 0 Å². The summed E-state index contributed by atoms with van der Waals surface area (Å²) in [6, 6.07) is 7.63. The molecule has 2 aromatic rings. The molecule has 0 atom stereocenters. The van der Waals surface area contributed by atoms with Crippen LogP contribution >= 0.6 is 0 Å². The third-order valence-corrected chi connectivity index (χ3v) is 4.54. The molecule has 0 aliphatic rings. The molecule has 0 saturated carbocycles. The van der Waals surface area contributed by atoms with E-state index in [2.05, 4.69) is 4.98 Å². The Morgan fingerprint density at radius 2 is 1.55 bits per heavy atom. The number of aryl methyl sites for hydroxylation is 1. The maximum Gasteiger partial charge on any atom is 0.313 e. The minimum absolute atomic E-state index is 0.182. The second-order valence-electron chi connectivity index (χ2n) is 4.25. The molecule has 0 saturated heterocycles. The lowest BCUT2D eigenvalue weighted by molar-refractivity contribution is -0.397. The van der Waals surface area contributed by atoms with E-state index in [1.165, 1.54) is 31.2 Å². The van der Waals surface area contributed by atoms with Crippen molar-refractivity contribution in [2.45, 2.75) is 16.8 Å². The number of pyridine rings is 1. The van der Waals surface area contributed by atoms with Crippen molar-refractivity contribution in [3.63, 3.8) is 0 Å². The van der Waals surface area contributed by atoms with Crippen molar-refractivity contribution in [1.29, 1.82) is 0 Å². The first-order valence-corrected chi connectivity index (χ1v) is 7.34. The molecule has 1 heterocycles. The fraction of sp³-hybridized carbons (Fsp3) is 0.0833. The van der Waals surface area contributed by atoms with Gasteiger partial charge in [0.2, 0.25) is 14.9 Å². The quantitative estimate of drug-likeness (QED) is 0.620. The summed E-state index contributed by atoms with van der Waals surface area (Å²) in [6.07, 6.45) is 0. The molecule has 0 bridgehead atoms. The highest BCUT2D eigenvalue weighted by molar-refractivity contribution is 7.91. The van der Waals surface area contributed by atoms with Crippen LogP contribution in [0.4, 0.5) is 11.4 Å². The standard InChI is InChI=1S/C12H9N3O6S/c1-8-10(14(16)17)7-11(15(18)19)12(13-8)22(20,21)9-5-3-2-4-6-9/h2-7H,1H3. The zero-order chi connectivity index (χ0) is 16.5. The Bertz CT molecular complexity index is 864. The summed E-state index contributed by atoms with van der Waals surface area (Å²) in [5.74, 6) is 0. The molecule has 114 valence electrons. The third kappa shape index (κ3) is 2.63. The number of nitro groups is 2. The maximum atomic E-state index is 12.5. The Morgan fingerprint density at radius 1 is 1.00 bits per heavy atom. The Hall–Kier alpha value is -2.88. The first kappa shape index (κ1) is 15.5. The van der Waals surface area contributed by atoms with E-state index in [0.717, 1.165) is 0 Å². The number of benzene rings is 1. The van der Waals surface area contributed by atoms with Crippen LogP contribution < -0.4 is 0 Å². The molecule has 0 N–H and O–H groups in total. The van der Waals surface area contributed by atoms with E-state index in [4.69, 9.17) is 0 Å². The molecule has 10 heteroatoms. The van der Waals surface area contributed by atoms with Gasteiger partial charge in [-0.15, -0.1) is 0 Å². The number of hydrogen-bond acceptors (Lipinski definition) is 7. The molecule has 0 unspecified atom stereocenters. The van der Waals surface area contributed by atoms with Crippen LogP contribution in [0.3, 0.4) is 0 Å². The van der Waals surface area contributed by atoms with Crippen LogP contribution in [0.1, 0.15) is 5.69 Å². The van der Waals surface area contributed by atoms with Crippen molar-refractivity contribution in [2.75, 3.05) is 0 Å². The number of hydrogen-bond donors (Lipinski definition) is 0. The van der Waals surface area contributed by atoms with E-state index in [-0.39, 0.29) is 10.6 Å². The topological polar surface area (TPSA) is 133 Å². The van der Waals surface area contributed by atoms with Gasteiger partial charge in [0.05, 0.1) is 20.8 Å². The lowest BCUT2D eigenvalue weighted by Crippen LogP contribution is -2.10. The van der Waals surface area contributed by atoms with Gasteiger partial charge in [0.25, 0.3) is 5.69 Å². The van der Waals surface area contributed by atoms with Crippen molar-refractivity contribution in [1.82, 2.24) is 4.98 Å². The van der Waals surface area contributed by atoms with Gasteiger partial charge in [-0.25, -0.2) is 13.4 Å². The van der Waals surface area contributed by atoms with E-state index in [0.29, 0.717) is 6.07 Å². The molecular formula is C12H9N3O6S. The van der Waals surface area contributed by atoms with Crippen molar-refractivity contribution < 1.29 is 18.3 Å². The van der Waals surface area contributed by atoms with E-state index < -0.39 is 36.1 Å². The molecule has 0 radical (unpaired) electrons. The molecule has 0 fully saturated rings. The minimum atomic E-state index is -4.25. The summed E-state index contributed by atoms with van der Waals surface area (Å²) in [4.78, 5) is 23.4. The van der Waals surface area contributed by atoms with Gasteiger partial charge in [-0.05, 0) is 19.1 Å². The summed E-state index contributed by atoms with van der Waals surface area (Å²) in [5.41, 5.74) is -1.76. The van der Waals surface area contributed by atoms with Crippen LogP contribution in [-0.2, 0) is 9.84 Å². The van der Waals surface area contributed by atoms with Gasteiger partial charge in [0.15, 0.2) is 0 Å². The zero-order valence-electron chi connectivity index (χ0n) is 11.2. The molecule has 0 aliphatic carbocycles. The lowest BCUT2D eigenvalue weighted by atomic mass is 10.3. The highest BCUT2D eigenvalue weighted by atomic mass is 32.2. The molecule has 1 aromatic carbocycles. The van der Waals surface area contributed by atoms with E-state index >= 15 is 0 Å². The van der Waals surface area contributed by atoms with Crippen LogP contribution in [0, 0.1) is 27.2 Å². The smallest absolute Gasteiger partial charge is 0.258 e. The summed E-state index contributed by atoms with van der Waals surface area (Å²) in [5, 5.41) is 21.1. The number of aromatic nitrogens is 1. The normalized spacial score (nSPS) is 11.1. The Labute approximate surface area is 124 Å². The Balaban J connectivity index is 2.78. The van der Waals surface area contributed by atoms with Crippen LogP contribution in [0.5, 0.6) is 0 Å². The first-order valence-electron chi connectivity index (χ1n) is 5.85. The minimum Gasteiger partial charge on any atom is -0.258 e. The Morgan fingerprint density at radius 3 is 2.05 bits per heavy atom. The van der Waals surface area contributed by atoms with Gasteiger partial charge < -0.3 is 0 Å². The highest BCUT2D eigenvalue weighted by Crippen LogP contribution is 2.32. The summed E-state index contributed by atoms with van der Waals surface area (Å²) < 4.78 is 24.9. The number of rotatable bonds is 4. The van der Waals surface area contributed by atoms with Crippen molar-refractivity contribution in [3.05, 3.63) is 62.3 Å². The molecule has 9 nitrogen and oxygen atoms in total. The van der Waals surface area contributed by atoms with Gasteiger partial charge in [-0.1, -0.05) is 18.2 Å². The Kier molecular flexibility index (Phi) is 3.87. The van der Waals surface area contributed by atoms with Crippen molar-refractivity contribution >= 4 is 21.2 Å². The molecule has 0 amide bonds. The third-order valence-electron chi connectivity index (χ3n) is 2.83. The highest BCUT2D eigenvalue weighted by Gasteiger charge is 2.33. The molecular weight excluding hydrogens is 314 g/mol. The SMILES string of the molecule is Cc1nc(S(=O)(=O)c2ccccc2)c([N+](=O)[O-])cc1[N+](=O)[O-]. The zero-order valence-corrected chi connectivity index (χ0v) is 12.0. The van der Waals surface area contributed by atoms with E-state index in [1.54, 1.807) is 6.07 Å². The molecule has 0 aliphatic heterocycles. The lowest BCUT2D eigenvalue weighted by Gasteiger charge is -2.06.